The zero-order valence-corrected chi connectivity index (χ0v) is 15.6. The van der Waals surface area contributed by atoms with E-state index in [2.05, 4.69) is 15.4 Å². The van der Waals surface area contributed by atoms with Crippen LogP contribution in [0.4, 0.5) is 5.69 Å². The number of anilines is 1. The van der Waals surface area contributed by atoms with E-state index < -0.39 is 0 Å². The number of carbonyl (C=O) groups excluding carboxylic acids is 1. The number of halogens is 2. The Bertz CT molecular complexity index is 1040. The second-order valence-corrected chi connectivity index (χ2v) is 6.65. The molecule has 2 N–H and O–H groups in total. The van der Waals surface area contributed by atoms with Crippen molar-refractivity contribution in [2.24, 2.45) is 0 Å². The minimum atomic E-state index is -0.297. The van der Waals surface area contributed by atoms with Crippen LogP contribution in [0, 0.1) is 13.8 Å². The first-order chi connectivity index (χ1) is 12.4. The topological polar surface area (TPSA) is 79.8 Å². The Hall–Kier alpha value is -2.57. The van der Waals surface area contributed by atoms with E-state index in [1.807, 2.05) is 13.8 Å². The SMILES string of the molecule is Cc1nn(-c2ccc(Cl)cc2Cl)c(C)c1CC(=O)Nc1c[nH]ccc1=O. The van der Waals surface area contributed by atoms with Gasteiger partial charge in [-0.25, -0.2) is 4.68 Å². The van der Waals surface area contributed by atoms with Crippen molar-refractivity contribution in [3.8, 4) is 5.69 Å². The average Bonchev–Trinajstić information content (AvgIpc) is 2.85. The number of hydrogen-bond acceptors (Lipinski definition) is 3. The fourth-order valence-electron chi connectivity index (χ4n) is 2.69. The summed E-state index contributed by atoms with van der Waals surface area (Å²) in [4.78, 5) is 26.8. The van der Waals surface area contributed by atoms with Gasteiger partial charge in [0.25, 0.3) is 0 Å². The van der Waals surface area contributed by atoms with Gasteiger partial charge < -0.3 is 10.3 Å². The van der Waals surface area contributed by atoms with Crippen LogP contribution >= 0.6 is 23.2 Å². The number of rotatable bonds is 4. The molecule has 2 aromatic heterocycles. The number of nitrogens with one attached hydrogen (secondary N) is 2. The number of benzene rings is 1. The summed E-state index contributed by atoms with van der Waals surface area (Å²) in [7, 11) is 0. The van der Waals surface area contributed by atoms with Gasteiger partial charge in [-0.2, -0.15) is 5.10 Å². The maximum absolute atomic E-state index is 12.4. The molecule has 26 heavy (non-hydrogen) atoms. The minimum Gasteiger partial charge on any atom is -0.366 e. The molecule has 0 radical (unpaired) electrons. The highest BCUT2D eigenvalue weighted by Gasteiger charge is 2.18. The van der Waals surface area contributed by atoms with Crippen LogP contribution in [-0.2, 0) is 11.2 Å². The molecular weight excluding hydrogens is 375 g/mol. The van der Waals surface area contributed by atoms with Crippen LogP contribution in [0.3, 0.4) is 0 Å². The smallest absolute Gasteiger partial charge is 0.229 e. The lowest BCUT2D eigenvalue weighted by Crippen LogP contribution is -2.20. The Kier molecular flexibility index (Phi) is 5.15. The van der Waals surface area contributed by atoms with E-state index in [0.717, 1.165) is 11.3 Å². The van der Waals surface area contributed by atoms with Crippen molar-refractivity contribution >= 4 is 34.8 Å². The molecule has 0 fully saturated rings. The summed E-state index contributed by atoms with van der Waals surface area (Å²) in [5.41, 5.74) is 2.92. The summed E-state index contributed by atoms with van der Waals surface area (Å²) in [5, 5.41) is 8.11. The summed E-state index contributed by atoms with van der Waals surface area (Å²) < 4.78 is 1.69. The Morgan fingerprint density at radius 1 is 1.27 bits per heavy atom. The van der Waals surface area contributed by atoms with E-state index in [1.165, 1.54) is 18.5 Å². The number of aromatic amines is 1. The highest BCUT2D eigenvalue weighted by atomic mass is 35.5. The van der Waals surface area contributed by atoms with Gasteiger partial charge in [-0.3, -0.25) is 9.59 Å². The molecule has 3 aromatic rings. The van der Waals surface area contributed by atoms with Gasteiger partial charge in [0.05, 0.1) is 22.8 Å². The second-order valence-electron chi connectivity index (χ2n) is 5.80. The summed E-state index contributed by atoms with van der Waals surface area (Å²) in [6.07, 6.45) is 3.06. The molecule has 1 aromatic carbocycles. The van der Waals surface area contributed by atoms with Crippen LogP contribution in [0.5, 0.6) is 0 Å². The fraction of sp³-hybridized carbons (Fsp3) is 0.167. The molecule has 0 bridgehead atoms. The second kappa shape index (κ2) is 7.35. The maximum Gasteiger partial charge on any atom is 0.229 e. The lowest BCUT2D eigenvalue weighted by atomic mass is 10.1. The average molecular weight is 391 g/mol. The van der Waals surface area contributed by atoms with E-state index in [9.17, 15) is 9.59 Å². The highest BCUT2D eigenvalue weighted by molar-refractivity contribution is 6.35. The Morgan fingerprint density at radius 2 is 2.04 bits per heavy atom. The molecule has 0 saturated heterocycles. The van der Waals surface area contributed by atoms with Gasteiger partial charge in [-0.1, -0.05) is 23.2 Å². The van der Waals surface area contributed by atoms with E-state index >= 15 is 0 Å². The van der Waals surface area contributed by atoms with Crippen LogP contribution in [-0.4, -0.2) is 20.7 Å². The van der Waals surface area contributed by atoms with E-state index in [1.54, 1.807) is 22.9 Å². The third-order valence-electron chi connectivity index (χ3n) is 4.01. The highest BCUT2D eigenvalue weighted by Crippen LogP contribution is 2.27. The summed E-state index contributed by atoms with van der Waals surface area (Å²) in [6, 6.07) is 6.50. The van der Waals surface area contributed by atoms with Crippen molar-refractivity contribution in [3.63, 3.8) is 0 Å². The van der Waals surface area contributed by atoms with E-state index in [0.29, 0.717) is 21.4 Å². The number of nitrogens with zero attached hydrogens (tertiary/aromatic N) is 2. The largest absolute Gasteiger partial charge is 0.366 e. The quantitative estimate of drug-likeness (QED) is 0.712. The number of H-pyrrole nitrogens is 1. The predicted molar refractivity (Wildman–Crippen MR) is 102 cm³/mol. The lowest BCUT2D eigenvalue weighted by molar-refractivity contribution is -0.115. The monoisotopic (exact) mass is 390 g/mol. The van der Waals surface area contributed by atoms with Gasteiger partial charge in [0.15, 0.2) is 0 Å². The van der Waals surface area contributed by atoms with E-state index in [4.69, 9.17) is 23.2 Å². The third-order valence-corrected chi connectivity index (χ3v) is 4.55. The fourth-order valence-corrected chi connectivity index (χ4v) is 3.18. The van der Waals surface area contributed by atoms with Gasteiger partial charge in [0.2, 0.25) is 11.3 Å². The summed E-state index contributed by atoms with van der Waals surface area (Å²) in [6.45, 7) is 3.69. The molecule has 0 unspecified atom stereocenters. The minimum absolute atomic E-state index is 0.0945. The van der Waals surface area contributed by atoms with Crippen molar-refractivity contribution in [1.82, 2.24) is 14.8 Å². The maximum atomic E-state index is 12.4. The molecule has 1 amide bonds. The first-order valence-electron chi connectivity index (χ1n) is 7.84. The van der Waals surface area contributed by atoms with Crippen LogP contribution < -0.4 is 10.7 Å². The number of aryl methyl sites for hydroxylation is 1. The normalized spacial score (nSPS) is 10.8. The summed E-state index contributed by atoms with van der Waals surface area (Å²) >= 11 is 12.2. The molecular formula is C18H16Cl2N4O2. The number of pyridine rings is 1. The zero-order valence-electron chi connectivity index (χ0n) is 14.1. The third kappa shape index (κ3) is 3.66. The summed E-state index contributed by atoms with van der Waals surface area (Å²) in [5.74, 6) is -0.297. The number of hydrogen-bond donors (Lipinski definition) is 2. The van der Waals surface area contributed by atoms with Crippen molar-refractivity contribution in [1.29, 1.82) is 0 Å². The molecule has 2 heterocycles. The lowest BCUT2D eigenvalue weighted by Gasteiger charge is -2.08. The zero-order chi connectivity index (χ0) is 18.8. The van der Waals surface area contributed by atoms with E-state index in [-0.39, 0.29) is 23.4 Å². The Balaban J connectivity index is 1.87. The Labute approximate surface area is 159 Å². The van der Waals surface area contributed by atoms with Gasteiger partial charge in [0.1, 0.15) is 5.69 Å². The van der Waals surface area contributed by atoms with Gasteiger partial charge in [-0.05, 0) is 32.0 Å². The molecule has 0 aliphatic carbocycles. The molecule has 8 heteroatoms. The number of carbonyl (C=O) groups is 1. The van der Waals surface area contributed by atoms with Crippen LogP contribution in [0.2, 0.25) is 10.0 Å². The van der Waals surface area contributed by atoms with Gasteiger partial charge >= 0.3 is 0 Å². The first kappa shape index (κ1) is 18.2. The molecule has 134 valence electrons. The van der Waals surface area contributed by atoms with Crippen LogP contribution in [0.1, 0.15) is 17.0 Å². The van der Waals surface area contributed by atoms with Crippen molar-refractivity contribution < 1.29 is 4.79 Å². The molecule has 0 aliphatic heterocycles. The predicted octanol–water partition coefficient (Wildman–Crippen LogP) is 3.67. The van der Waals surface area contributed by atoms with Crippen molar-refractivity contribution in [2.45, 2.75) is 20.3 Å². The number of amides is 1. The van der Waals surface area contributed by atoms with Crippen molar-refractivity contribution in [3.05, 3.63) is 73.9 Å². The van der Waals surface area contributed by atoms with Crippen molar-refractivity contribution in [2.75, 3.05) is 5.32 Å². The first-order valence-corrected chi connectivity index (χ1v) is 8.60. The molecule has 0 saturated carbocycles. The molecule has 6 nitrogen and oxygen atoms in total. The number of aromatic nitrogens is 3. The standard InChI is InChI=1S/C18H16Cl2N4O2/c1-10-13(8-18(26)22-15-9-21-6-5-17(15)25)11(2)24(23-10)16-4-3-12(19)7-14(16)20/h3-7,9H,8H2,1-2H3,(H,21,25)(H,22,26). The van der Waals surface area contributed by atoms with Crippen LogP contribution in [0.25, 0.3) is 5.69 Å². The molecule has 0 aliphatic rings. The Morgan fingerprint density at radius 3 is 2.73 bits per heavy atom. The van der Waals surface area contributed by atoms with Gasteiger partial charge in [0, 0.05) is 34.7 Å². The molecule has 0 spiro atoms. The molecule has 3 rings (SSSR count). The molecule has 0 atom stereocenters. The van der Waals surface area contributed by atoms with Crippen LogP contribution in [0.15, 0.2) is 41.5 Å². The van der Waals surface area contributed by atoms with Gasteiger partial charge in [-0.15, -0.1) is 0 Å².